The summed E-state index contributed by atoms with van der Waals surface area (Å²) in [6, 6.07) is 5.75. The normalized spacial score (nSPS) is 22.6. The van der Waals surface area contributed by atoms with Gasteiger partial charge in [0.05, 0.1) is 39.3 Å². The van der Waals surface area contributed by atoms with E-state index < -0.39 is 31.2 Å². The standard InChI is InChI=1S/C23H25F3N8O2/c1-35-22-21-15(13-2-3-18-19(8-13)34(31-29-18)10-20(25)26)4-7-33(21)30-23(28-22)27-17-5-6-32(9-16(17)24)14-11-36-12-14/h2-4,7-8,14,16-17,20H,5-6,9-12H2,1H3,(H,27,30)/t16-,17+/m0/s1/i14D. The molecule has 0 amide bonds. The topological polar surface area (TPSA) is 94.6 Å². The zero-order valence-electron chi connectivity index (χ0n) is 20.4. The maximum atomic E-state index is 15.0. The summed E-state index contributed by atoms with van der Waals surface area (Å²) in [4.78, 5) is 6.30. The number of likely N-dealkylation sites (tertiary alicyclic amines) is 1. The van der Waals surface area contributed by atoms with Crippen molar-refractivity contribution in [2.45, 2.75) is 37.6 Å². The molecular weight excluding hydrogens is 477 g/mol. The Balaban J connectivity index is 1.27. The van der Waals surface area contributed by atoms with E-state index in [-0.39, 0.29) is 18.4 Å². The van der Waals surface area contributed by atoms with Crippen LogP contribution in [0.3, 0.4) is 0 Å². The molecule has 2 aliphatic heterocycles. The Morgan fingerprint density at radius 3 is 2.89 bits per heavy atom. The summed E-state index contributed by atoms with van der Waals surface area (Å²) in [5.74, 6) is 0.496. The van der Waals surface area contributed by atoms with Gasteiger partial charge < -0.3 is 14.8 Å². The third-order valence-electron chi connectivity index (χ3n) is 6.65. The lowest BCUT2D eigenvalue weighted by Gasteiger charge is -2.42. The summed E-state index contributed by atoms with van der Waals surface area (Å²) in [6.07, 6.45) is -1.54. The number of nitrogens with zero attached hydrogens (tertiary/aromatic N) is 7. The second-order valence-electron chi connectivity index (χ2n) is 8.89. The SMILES string of the molecule is [2H]C1(N2CC[C@@H](Nc3nc(OC)c4c(-c5ccc6nnn(CC(F)F)c6c5)ccn4n3)[C@@H](F)C2)COC1. The molecule has 1 aromatic carbocycles. The highest BCUT2D eigenvalue weighted by Crippen LogP contribution is 2.33. The Kier molecular flexibility index (Phi) is 5.58. The van der Waals surface area contributed by atoms with Gasteiger partial charge in [-0.05, 0) is 30.2 Å². The molecular formula is C23H25F3N8O2. The fourth-order valence-electron chi connectivity index (χ4n) is 4.72. The van der Waals surface area contributed by atoms with Gasteiger partial charge in [-0.3, -0.25) is 4.90 Å². The van der Waals surface area contributed by atoms with E-state index in [2.05, 4.69) is 25.7 Å². The lowest BCUT2D eigenvalue weighted by atomic mass is 10.0. The van der Waals surface area contributed by atoms with Gasteiger partial charge >= 0.3 is 0 Å². The van der Waals surface area contributed by atoms with Crippen LogP contribution in [0, 0.1) is 0 Å². The average molecular weight is 504 g/mol. The summed E-state index contributed by atoms with van der Waals surface area (Å²) in [7, 11) is 1.48. The average Bonchev–Trinajstić information content (AvgIpc) is 3.47. The second kappa shape index (κ2) is 9.21. The van der Waals surface area contributed by atoms with Gasteiger partial charge in [-0.2, -0.15) is 4.98 Å². The first kappa shape index (κ1) is 21.8. The van der Waals surface area contributed by atoms with Crippen molar-refractivity contribution in [2.75, 3.05) is 38.7 Å². The predicted octanol–water partition coefficient (Wildman–Crippen LogP) is 2.64. The molecule has 0 spiro atoms. The highest BCUT2D eigenvalue weighted by molar-refractivity contribution is 5.89. The maximum Gasteiger partial charge on any atom is 0.258 e. The number of ether oxygens (including phenoxy) is 2. The van der Waals surface area contributed by atoms with E-state index in [9.17, 15) is 8.78 Å². The van der Waals surface area contributed by atoms with Gasteiger partial charge in [0.25, 0.3) is 6.43 Å². The van der Waals surface area contributed by atoms with Crippen LogP contribution in [0.2, 0.25) is 0 Å². The van der Waals surface area contributed by atoms with E-state index in [1.165, 1.54) is 11.8 Å². The van der Waals surface area contributed by atoms with Gasteiger partial charge in [-0.1, -0.05) is 11.3 Å². The monoisotopic (exact) mass is 503 g/mol. The zero-order chi connectivity index (χ0) is 25.7. The van der Waals surface area contributed by atoms with E-state index in [0.29, 0.717) is 42.7 Å². The molecule has 0 unspecified atom stereocenters. The number of benzene rings is 1. The van der Waals surface area contributed by atoms with Gasteiger partial charge in [0.15, 0.2) is 0 Å². The lowest BCUT2D eigenvalue weighted by molar-refractivity contribution is -0.0794. The van der Waals surface area contributed by atoms with E-state index in [4.69, 9.17) is 10.8 Å². The minimum absolute atomic E-state index is 0.136. The van der Waals surface area contributed by atoms with Gasteiger partial charge in [-0.25, -0.2) is 22.4 Å². The van der Waals surface area contributed by atoms with E-state index in [1.54, 1.807) is 22.8 Å². The van der Waals surface area contributed by atoms with Crippen molar-refractivity contribution in [2.24, 2.45) is 0 Å². The number of halogens is 3. The molecule has 2 aliphatic rings. The fourth-order valence-corrected chi connectivity index (χ4v) is 4.72. The summed E-state index contributed by atoms with van der Waals surface area (Å²) in [5.41, 5.74) is 3.04. The lowest BCUT2D eigenvalue weighted by Crippen LogP contribution is -2.57. The Labute approximate surface area is 205 Å². The predicted molar refractivity (Wildman–Crippen MR) is 125 cm³/mol. The summed E-state index contributed by atoms with van der Waals surface area (Å²) in [6.45, 7) is 0.739. The van der Waals surface area contributed by atoms with Gasteiger partial charge in [0, 0.05) is 24.8 Å². The van der Waals surface area contributed by atoms with Crippen LogP contribution in [-0.4, -0.2) is 92.6 Å². The molecule has 0 bridgehead atoms. The fraction of sp³-hybridized carbons (Fsp3) is 0.478. The number of piperidine rings is 1. The van der Waals surface area contributed by atoms with Crippen LogP contribution in [-0.2, 0) is 11.3 Å². The van der Waals surface area contributed by atoms with Crippen molar-refractivity contribution in [3.63, 3.8) is 0 Å². The van der Waals surface area contributed by atoms with Crippen molar-refractivity contribution in [1.82, 2.24) is 34.5 Å². The Hall–Kier alpha value is -3.45. The molecule has 0 radical (unpaired) electrons. The van der Waals surface area contributed by atoms with E-state index in [1.807, 2.05) is 17.0 Å². The minimum atomic E-state index is -2.56. The Morgan fingerprint density at radius 2 is 2.17 bits per heavy atom. The van der Waals surface area contributed by atoms with Gasteiger partial charge in [0.1, 0.15) is 23.7 Å². The number of fused-ring (bicyclic) bond motifs is 2. The van der Waals surface area contributed by atoms with Gasteiger partial charge in [-0.15, -0.1) is 10.2 Å². The van der Waals surface area contributed by atoms with Crippen LogP contribution >= 0.6 is 0 Å². The molecule has 0 aliphatic carbocycles. The van der Waals surface area contributed by atoms with Crippen molar-refractivity contribution in [3.8, 4) is 17.0 Å². The number of hydrogen-bond donors (Lipinski definition) is 1. The summed E-state index contributed by atoms with van der Waals surface area (Å²) < 4.78 is 62.8. The van der Waals surface area contributed by atoms with Crippen molar-refractivity contribution < 1.29 is 24.0 Å². The second-order valence-corrected chi connectivity index (χ2v) is 8.89. The number of rotatable bonds is 7. The molecule has 190 valence electrons. The molecule has 2 saturated heterocycles. The molecule has 5 heterocycles. The number of hydrogen-bond acceptors (Lipinski definition) is 8. The highest BCUT2D eigenvalue weighted by atomic mass is 19.3. The van der Waals surface area contributed by atoms with Crippen molar-refractivity contribution in [1.29, 1.82) is 0 Å². The number of nitrogens with one attached hydrogen (secondary N) is 1. The number of methoxy groups -OCH3 is 1. The molecule has 4 aromatic rings. The molecule has 36 heavy (non-hydrogen) atoms. The van der Waals surface area contributed by atoms with Crippen LogP contribution in [0.5, 0.6) is 5.88 Å². The van der Waals surface area contributed by atoms with Crippen LogP contribution in [0.1, 0.15) is 7.79 Å². The largest absolute Gasteiger partial charge is 0.479 e. The van der Waals surface area contributed by atoms with E-state index >= 15 is 4.39 Å². The quantitative estimate of drug-likeness (QED) is 0.412. The smallest absolute Gasteiger partial charge is 0.258 e. The van der Waals surface area contributed by atoms with Crippen LogP contribution in [0.4, 0.5) is 19.1 Å². The highest BCUT2D eigenvalue weighted by Gasteiger charge is 2.35. The number of aromatic nitrogens is 6. The summed E-state index contributed by atoms with van der Waals surface area (Å²) >= 11 is 0. The first-order valence-corrected chi connectivity index (χ1v) is 11.6. The molecule has 6 rings (SSSR count). The molecule has 0 saturated carbocycles. The Morgan fingerprint density at radius 1 is 1.31 bits per heavy atom. The Bertz CT molecular complexity index is 1440. The molecule has 2 fully saturated rings. The van der Waals surface area contributed by atoms with Gasteiger partial charge in [0.2, 0.25) is 11.8 Å². The molecule has 3 aromatic heterocycles. The molecule has 13 heteroatoms. The molecule has 10 nitrogen and oxygen atoms in total. The minimum Gasteiger partial charge on any atom is -0.479 e. The third-order valence-corrected chi connectivity index (χ3v) is 6.65. The van der Waals surface area contributed by atoms with Crippen molar-refractivity contribution >= 4 is 22.5 Å². The molecule has 2 atom stereocenters. The number of anilines is 1. The first-order valence-electron chi connectivity index (χ1n) is 12.1. The van der Waals surface area contributed by atoms with Crippen LogP contribution in [0.25, 0.3) is 27.7 Å². The number of alkyl halides is 3. The molecule has 1 N–H and O–H groups in total. The zero-order valence-corrected chi connectivity index (χ0v) is 19.4. The van der Waals surface area contributed by atoms with Crippen molar-refractivity contribution in [3.05, 3.63) is 30.5 Å². The first-order chi connectivity index (χ1) is 17.8. The van der Waals surface area contributed by atoms with E-state index in [0.717, 1.165) is 11.1 Å². The van der Waals surface area contributed by atoms with Crippen LogP contribution < -0.4 is 10.1 Å². The maximum absolute atomic E-state index is 15.0. The summed E-state index contributed by atoms with van der Waals surface area (Å²) in [5, 5.41) is 15.4. The third kappa shape index (κ3) is 4.11. The van der Waals surface area contributed by atoms with Crippen LogP contribution in [0.15, 0.2) is 30.5 Å².